The Morgan fingerprint density at radius 2 is 1.85 bits per heavy atom. The van der Waals surface area contributed by atoms with Crippen LogP contribution in [0.15, 0.2) is 12.1 Å². The van der Waals surface area contributed by atoms with Gasteiger partial charge in [0, 0.05) is 0 Å². The topological polar surface area (TPSA) is 20.2 Å². The van der Waals surface area contributed by atoms with E-state index in [-0.39, 0.29) is 0 Å². The Balaban J connectivity index is 3.32. The van der Waals surface area contributed by atoms with Crippen molar-refractivity contribution in [2.24, 2.45) is 0 Å². The molecule has 72 valence electrons. The lowest BCUT2D eigenvalue weighted by molar-refractivity contribution is -0.137. The van der Waals surface area contributed by atoms with E-state index in [9.17, 15) is 13.2 Å². The summed E-state index contributed by atoms with van der Waals surface area (Å²) in [5.74, 6) is -0.406. The molecule has 13 heavy (non-hydrogen) atoms. The molecule has 5 heteroatoms. The molecule has 0 radical (unpaired) electrons. The maximum atomic E-state index is 12.2. The van der Waals surface area contributed by atoms with E-state index in [1.165, 1.54) is 6.92 Å². The lowest BCUT2D eigenvalue weighted by Crippen LogP contribution is -2.05. The minimum Gasteiger partial charge on any atom is -0.508 e. The molecule has 1 aromatic carbocycles. The molecule has 1 nitrogen and oxygen atoms in total. The number of hydrogen-bond donors (Lipinski definition) is 1. The van der Waals surface area contributed by atoms with Crippen molar-refractivity contribution in [3.05, 3.63) is 28.3 Å². The summed E-state index contributed by atoms with van der Waals surface area (Å²) >= 11 is 5.36. The minimum atomic E-state index is -4.53. The van der Waals surface area contributed by atoms with Crippen molar-refractivity contribution in [3.8, 4) is 5.75 Å². The number of aromatic hydroxyl groups is 1. The fourth-order valence-corrected chi connectivity index (χ4v) is 1.20. The van der Waals surface area contributed by atoms with Crippen LogP contribution >= 0.6 is 11.6 Å². The van der Waals surface area contributed by atoms with Crippen molar-refractivity contribution in [3.63, 3.8) is 0 Å². The normalized spacial score (nSPS) is 11.8. The molecule has 0 atom stereocenters. The molecule has 0 aromatic heterocycles. The van der Waals surface area contributed by atoms with Crippen molar-refractivity contribution in [1.29, 1.82) is 0 Å². The minimum absolute atomic E-state index is 0.318. The van der Waals surface area contributed by atoms with Gasteiger partial charge in [-0.15, -0.1) is 0 Å². The molecule has 0 spiro atoms. The highest BCUT2D eigenvalue weighted by Crippen LogP contribution is 2.37. The molecular formula is C8H6ClF3O. The second-order valence-corrected chi connectivity index (χ2v) is 3.02. The average Bonchev–Trinajstić information content (AvgIpc) is 1.94. The van der Waals surface area contributed by atoms with Crippen LogP contribution in [0, 0.1) is 6.92 Å². The second kappa shape index (κ2) is 3.10. The number of hydrogen-bond acceptors (Lipinski definition) is 1. The zero-order valence-corrected chi connectivity index (χ0v) is 7.37. The average molecular weight is 211 g/mol. The standard InChI is InChI=1S/C8H6ClF3O/c1-4-2-6(9)5(3-7(4)13)8(10,11)12/h2-3,13H,1H3. The van der Waals surface area contributed by atoms with E-state index in [1.807, 2.05) is 0 Å². The van der Waals surface area contributed by atoms with Crippen LogP contribution in [0.25, 0.3) is 0 Å². The first kappa shape index (κ1) is 10.2. The van der Waals surface area contributed by atoms with E-state index in [0.29, 0.717) is 11.6 Å². The van der Waals surface area contributed by atoms with Crippen molar-refractivity contribution in [1.82, 2.24) is 0 Å². The van der Waals surface area contributed by atoms with Crippen molar-refractivity contribution < 1.29 is 18.3 Å². The number of benzene rings is 1. The number of phenols is 1. The monoisotopic (exact) mass is 210 g/mol. The van der Waals surface area contributed by atoms with Gasteiger partial charge in [0.05, 0.1) is 10.6 Å². The van der Waals surface area contributed by atoms with Gasteiger partial charge in [0.25, 0.3) is 0 Å². The molecule has 0 bridgehead atoms. The summed E-state index contributed by atoms with van der Waals surface area (Å²) in [4.78, 5) is 0. The summed E-state index contributed by atoms with van der Waals surface area (Å²) < 4.78 is 36.5. The molecule has 0 fully saturated rings. The zero-order valence-electron chi connectivity index (χ0n) is 6.61. The van der Waals surface area contributed by atoms with E-state index in [0.717, 1.165) is 6.07 Å². The summed E-state index contributed by atoms with van der Waals surface area (Å²) in [6, 6.07) is 1.71. The third kappa shape index (κ3) is 2.06. The van der Waals surface area contributed by atoms with Gasteiger partial charge in [0.1, 0.15) is 5.75 Å². The summed E-state index contributed by atoms with van der Waals surface area (Å²) in [7, 11) is 0. The van der Waals surface area contributed by atoms with Crippen LogP contribution in [-0.4, -0.2) is 5.11 Å². The molecule has 1 rings (SSSR count). The molecule has 1 aromatic rings. The molecule has 0 heterocycles. The number of aryl methyl sites for hydroxylation is 1. The van der Waals surface area contributed by atoms with Crippen molar-refractivity contribution >= 4 is 11.6 Å². The quantitative estimate of drug-likeness (QED) is 0.696. The van der Waals surface area contributed by atoms with Crippen LogP contribution in [0.4, 0.5) is 13.2 Å². The van der Waals surface area contributed by atoms with Gasteiger partial charge in [-0.1, -0.05) is 11.6 Å². The van der Waals surface area contributed by atoms with E-state index in [1.54, 1.807) is 0 Å². The van der Waals surface area contributed by atoms with E-state index in [2.05, 4.69) is 0 Å². The number of rotatable bonds is 0. The number of alkyl halides is 3. The highest BCUT2D eigenvalue weighted by molar-refractivity contribution is 6.31. The first-order chi connectivity index (χ1) is 5.82. The first-order valence-corrected chi connectivity index (χ1v) is 3.76. The Labute approximate surface area is 77.8 Å². The van der Waals surface area contributed by atoms with Gasteiger partial charge in [-0.2, -0.15) is 13.2 Å². The van der Waals surface area contributed by atoms with Crippen LogP contribution in [0.3, 0.4) is 0 Å². The summed E-state index contributed by atoms with van der Waals surface area (Å²) in [5.41, 5.74) is -0.699. The van der Waals surface area contributed by atoms with Gasteiger partial charge in [0.2, 0.25) is 0 Å². The molecule has 1 N–H and O–H groups in total. The van der Waals surface area contributed by atoms with Crippen molar-refractivity contribution in [2.75, 3.05) is 0 Å². The largest absolute Gasteiger partial charge is 0.508 e. The van der Waals surface area contributed by atoms with Crippen LogP contribution in [0.2, 0.25) is 5.02 Å². The fraction of sp³-hybridized carbons (Fsp3) is 0.250. The molecular weight excluding hydrogens is 205 g/mol. The number of halogens is 4. The van der Waals surface area contributed by atoms with Gasteiger partial charge in [-0.25, -0.2) is 0 Å². The Morgan fingerprint density at radius 3 is 2.31 bits per heavy atom. The SMILES string of the molecule is Cc1cc(Cl)c(C(F)(F)F)cc1O. The Hall–Kier alpha value is -0.900. The van der Waals surface area contributed by atoms with Crippen LogP contribution in [0.1, 0.15) is 11.1 Å². The second-order valence-electron chi connectivity index (χ2n) is 2.62. The highest BCUT2D eigenvalue weighted by atomic mass is 35.5. The van der Waals surface area contributed by atoms with E-state index >= 15 is 0 Å². The fourth-order valence-electron chi connectivity index (χ4n) is 0.879. The Bertz CT molecular complexity index is 333. The smallest absolute Gasteiger partial charge is 0.417 e. The maximum absolute atomic E-state index is 12.2. The van der Waals surface area contributed by atoms with Gasteiger partial charge in [-0.3, -0.25) is 0 Å². The third-order valence-electron chi connectivity index (χ3n) is 1.59. The molecule has 0 amide bonds. The van der Waals surface area contributed by atoms with Crippen LogP contribution in [-0.2, 0) is 6.18 Å². The first-order valence-electron chi connectivity index (χ1n) is 3.38. The van der Waals surface area contributed by atoms with Gasteiger partial charge < -0.3 is 5.11 Å². The maximum Gasteiger partial charge on any atom is 0.417 e. The van der Waals surface area contributed by atoms with Crippen LogP contribution in [0.5, 0.6) is 5.75 Å². The highest BCUT2D eigenvalue weighted by Gasteiger charge is 2.33. The molecule has 0 aliphatic heterocycles. The zero-order chi connectivity index (χ0) is 10.2. The van der Waals surface area contributed by atoms with Gasteiger partial charge >= 0.3 is 6.18 Å². The lowest BCUT2D eigenvalue weighted by atomic mass is 10.1. The predicted octanol–water partition coefficient (Wildman–Crippen LogP) is 3.37. The molecule has 0 aliphatic carbocycles. The third-order valence-corrected chi connectivity index (χ3v) is 1.90. The Morgan fingerprint density at radius 1 is 1.31 bits per heavy atom. The Kier molecular flexibility index (Phi) is 2.43. The molecule has 0 unspecified atom stereocenters. The van der Waals surface area contributed by atoms with Crippen molar-refractivity contribution in [2.45, 2.75) is 13.1 Å². The lowest BCUT2D eigenvalue weighted by Gasteiger charge is -2.10. The predicted molar refractivity (Wildman–Crippen MR) is 42.9 cm³/mol. The van der Waals surface area contributed by atoms with E-state index < -0.39 is 22.5 Å². The van der Waals surface area contributed by atoms with Crippen LogP contribution < -0.4 is 0 Å². The van der Waals surface area contributed by atoms with Gasteiger partial charge in [-0.05, 0) is 24.6 Å². The summed E-state index contributed by atoms with van der Waals surface area (Å²) in [6.07, 6.45) is -4.53. The molecule has 0 saturated heterocycles. The summed E-state index contributed by atoms with van der Waals surface area (Å²) in [5, 5.41) is 8.63. The molecule has 0 saturated carbocycles. The molecule has 0 aliphatic rings. The van der Waals surface area contributed by atoms with Gasteiger partial charge in [0.15, 0.2) is 0 Å². The van der Waals surface area contributed by atoms with E-state index in [4.69, 9.17) is 16.7 Å². The number of phenolic OH excluding ortho intramolecular Hbond substituents is 1. The summed E-state index contributed by atoms with van der Waals surface area (Å²) in [6.45, 7) is 1.47.